The Labute approximate surface area is 202 Å². The molecule has 1 amide bonds. The molecule has 0 aliphatic carbocycles. The zero-order valence-corrected chi connectivity index (χ0v) is 18.6. The monoisotopic (exact) mass is 500 g/mol. The third-order valence-electron chi connectivity index (χ3n) is 5.88. The van der Waals surface area contributed by atoms with Gasteiger partial charge in [0, 0.05) is 37.5 Å². The van der Waals surface area contributed by atoms with Crippen LogP contribution in [0.1, 0.15) is 32.6 Å². The first-order valence-electron chi connectivity index (χ1n) is 10.8. The van der Waals surface area contributed by atoms with Gasteiger partial charge in [0.05, 0.1) is 27.0 Å². The van der Waals surface area contributed by atoms with E-state index in [-0.39, 0.29) is 12.1 Å². The molecule has 12 heteroatoms. The van der Waals surface area contributed by atoms with Crippen molar-refractivity contribution in [2.24, 2.45) is 0 Å². The molecule has 0 aromatic heterocycles. The van der Waals surface area contributed by atoms with Crippen LogP contribution in [0.5, 0.6) is 0 Å². The zero-order chi connectivity index (χ0) is 26.0. The van der Waals surface area contributed by atoms with E-state index in [2.05, 4.69) is 5.32 Å². The van der Waals surface area contributed by atoms with Gasteiger partial charge < -0.3 is 10.2 Å². The molecule has 1 aliphatic rings. The molecular formula is C24H19F3N4O5. The second-order valence-electron chi connectivity index (χ2n) is 8.25. The van der Waals surface area contributed by atoms with Gasteiger partial charge in [-0.3, -0.25) is 25.0 Å². The number of anilines is 1. The van der Waals surface area contributed by atoms with E-state index in [1.54, 1.807) is 6.07 Å². The van der Waals surface area contributed by atoms with Gasteiger partial charge in [-0.1, -0.05) is 18.2 Å². The minimum Gasteiger partial charge on any atom is -0.367 e. The number of hydrogen-bond donors (Lipinski definition) is 1. The highest BCUT2D eigenvalue weighted by Crippen LogP contribution is 2.32. The summed E-state index contributed by atoms with van der Waals surface area (Å²) in [6.07, 6.45) is -3.74. The number of non-ortho nitro benzene ring substituents is 2. The second kappa shape index (κ2) is 9.64. The fourth-order valence-corrected chi connectivity index (χ4v) is 4.02. The van der Waals surface area contributed by atoms with Gasteiger partial charge in [0.1, 0.15) is 0 Å². The number of hydrogen-bond acceptors (Lipinski definition) is 6. The maximum atomic E-state index is 12.8. The summed E-state index contributed by atoms with van der Waals surface area (Å²) in [6, 6.07) is 13.4. The van der Waals surface area contributed by atoms with E-state index in [1.165, 1.54) is 12.1 Å². The molecule has 0 atom stereocenters. The smallest absolute Gasteiger partial charge is 0.367 e. The highest BCUT2D eigenvalue weighted by Gasteiger charge is 2.30. The van der Waals surface area contributed by atoms with Crippen LogP contribution in [-0.2, 0) is 25.7 Å². The number of rotatable bonds is 6. The van der Waals surface area contributed by atoms with Crippen LogP contribution in [0.25, 0.3) is 0 Å². The molecule has 1 N–H and O–H groups in total. The predicted molar refractivity (Wildman–Crippen MR) is 124 cm³/mol. The molecule has 36 heavy (non-hydrogen) atoms. The lowest BCUT2D eigenvalue weighted by molar-refractivity contribution is -0.394. The number of fused-ring (bicyclic) bond motifs is 1. The molecule has 0 saturated carbocycles. The molecular weight excluding hydrogens is 481 g/mol. The Morgan fingerprint density at radius 3 is 2.14 bits per heavy atom. The molecule has 9 nitrogen and oxygen atoms in total. The van der Waals surface area contributed by atoms with Crippen molar-refractivity contribution in [2.75, 3.05) is 11.4 Å². The molecule has 0 bridgehead atoms. The highest BCUT2D eigenvalue weighted by atomic mass is 19.4. The lowest BCUT2D eigenvalue weighted by atomic mass is 9.96. The Morgan fingerprint density at radius 1 is 0.917 bits per heavy atom. The molecule has 3 aromatic rings. The molecule has 0 spiro atoms. The number of benzene rings is 3. The molecule has 1 aliphatic heterocycles. The first kappa shape index (κ1) is 24.6. The van der Waals surface area contributed by atoms with Crippen molar-refractivity contribution >= 4 is 23.0 Å². The number of nitrogens with one attached hydrogen (secondary N) is 1. The van der Waals surface area contributed by atoms with Gasteiger partial charge in [-0.2, -0.15) is 13.2 Å². The maximum Gasteiger partial charge on any atom is 0.416 e. The first-order chi connectivity index (χ1) is 17.0. The Hall–Kier alpha value is -4.48. The molecule has 186 valence electrons. The topological polar surface area (TPSA) is 119 Å². The maximum absolute atomic E-state index is 12.8. The van der Waals surface area contributed by atoms with Crippen LogP contribution < -0.4 is 10.2 Å². The largest absolute Gasteiger partial charge is 0.416 e. The number of nitro groups is 2. The number of carbonyl (C=O) groups excluding carboxylic acids is 1. The predicted octanol–water partition coefficient (Wildman–Crippen LogP) is 5.01. The van der Waals surface area contributed by atoms with E-state index in [9.17, 15) is 38.2 Å². The summed E-state index contributed by atoms with van der Waals surface area (Å²) in [6.45, 7) is 1.22. The number of halogens is 3. The molecule has 0 radical (unpaired) electrons. The van der Waals surface area contributed by atoms with Gasteiger partial charge in [-0.15, -0.1) is 0 Å². The number of nitrogens with zero attached hydrogens (tertiary/aromatic N) is 3. The van der Waals surface area contributed by atoms with E-state index >= 15 is 0 Å². The molecule has 4 rings (SSSR count). The molecule has 0 saturated heterocycles. The normalized spacial score (nSPS) is 13.1. The van der Waals surface area contributed by atoms with Crippen molar-refractivity contribution in [3.63, 3.8) is 0 Å². The van der Waals surface area contributed by atoms with Crippen LogP contribution in [0, 0.1) is 20.2 Å². The van der Waals surface area contributed by atoms with E-state index in [0.29, 0.717) is 25.2 Å². The van der Waals surface area contributed by atoms with Gasteiger partial charge in [-0.25, -0.2) is 0 Å². The first-order valence-corrected chi connectivity index (χ1v) is 10.8. The average Bonchev–Trinajstić information content (AvgIpc) is 2.86. The summed E-state index contributed by atoms with van der Waals surface area (Å²) in [5.74, 6) is -0.687. The molecule has 3 aromatic carbocycles. The van der Waals surface area contributed by atoms with Crippen molar-refractivity contribution in [2.45, 2.75) is 25.7 Å². The minimum absolute atomic E-state index is 0.102. The van der Waals surface area contributed by atoms with Gasteiger partial charge >= 0.3 is 6.18 Å². The van der Waals surface area contributed by atoms with Crippen molar-refractivity contribution in [1.29, 1.82) is 0 Å². The third-order valence-corrected chi connectivity index (χ3v) is 5.88. The van der Waals surface area contributed by atoms with E-state index in [1.807, 2.05) is 17.0 Å². The van der Waals surface area contributed by atoms with Crippen molar-refractivity contribution < 1.29 is 27.8 Å². The van der Waals surface area contributed by atoms with Gasteiger partial charge in [0.2, 0.25) is 0 Å². The number of alkyl halides is 3. The molecule has 1 heterocycles. The summed E-state index contributed by atoms with van der Waals surface area (Å²) in [4.78, 5) is 35.0. The van der Waals surface area contributed by atoms with E-state index in [0.717, 1.165) is 47.0 Å². The number of amides is 1. The van der Waals surface area contributed by atoms with Crippen LogP contribution in [0.2, 0.25) is 0 Å². The standard InChI is InChI=1S/C24H19F3N4O5/c25-24(26,27)19-3-5-20(6-4-19)29-8-7-16-9-15(1-2-17(16)14-29)13-28-23(32)18-10-21(30(33)34)12-22(11-18)31(35)36/h1-6,9-12H,7-8,13-14H2,(H,28,32). The second-order valence-corrected chi connectivity index (χ2v) is 8.25. The van der Waals surface area contributed by atoms with E-state index < -0.39 is 38.9 Å². The van der Waals surface area contributed by atoms with Gasteiger partial charge in [0.15, 0.2) is 0 Å². The number of nitro benzene ring substituents is 2. The Bertz CT molecular complexity index is 1310. The average molecular weight is 500 g/mol. The van der Waals surface area contributed by atoms with Crippen molar-refractivity contribution in [1.82, 2.24) is 5.32 Å². The van der Waals surface area contributed by atoms with Crippen LogP contribution in [0.3, 0.4) is 0 Å². The molecule has 0 unspecified atom stereocenters. The number of carbonyl (C=O) groups is 1. The Balaban J connectivity index is 1.42. The zero-order valence-electron chi connectivity index (χ0n) is 18.6. The summed E-state index contributed by atoms with van der Waals surface area (Å²) >= 11 is 0. The van der Waals surface area contributed by atoms with Crippen LogP contribution in [-0.4, -0.2) is 22.3 Å². The lowest BCUT2D eigenvalue weighted by Gasteiger charge is -2.31. The fraction of sp³-hybridized carbons (Fsp3) is 0.208. The van der Waals surface area contributed by atoms with E-state index in [4.69, 9.17) is 0 Å². The van der Waals surface area contributed by atoms with Crippen molar-refractivity contribution in [3.8, 4) is 0 Å². The quantitative estimate of drug-likeness (QED) is 0.375. The van der Waals surface area contributed by atoms with Gasteiger partial charge in [-0.05, 0) is 47.4 Å². The summed E-state index contributed by atoms with van der Waals surface area (Å²) in [7, 11) is 0. The van der Waals surface area contributed by atoms with Crippen LogP contribution >= 0.6 is 0 Å². The highest BCUT2D eigenvalue weighted by molar-refractivity contribution is 5.95. The Morgan fingerprint density at radius 2 is 1.56 bits per heavy atom. The summed E-state index contributed by atoms with van der Waals surface area (Å²) < 4.78 is 38.4. The fourth-order valence-electron chi connectivity index (χ4n) is 4.02. The lowest BCUT2D eigenvalue weighted by Crippen LogP contribution is -2.30. The Kier molecular flexibility index (Phi) is 6.60. The summed E-state index contributed by atoms with van der Waals surface area (Å²) in [5.41, 5.74) is 1.50. The van der Waals surface area contributed by atoms with Crippen LogP contribution in [0.4, 0.5) is 30.2 Å². The van der Waals surface area contributed by atoms with Crippen LogP contribution in [0.15, 0.2) is 60.7 Å². The summed E-state index contributed by atoms with van der Waals surface area (Å²) in [5, 5.41) is 24.7. The van der Waals surface area contributed by atoms with Crippen molar-refractivity contribution in [3.05, 3.63) is 109 Å². The third kappa shape index (κ3) is 5.43. The SMILES string of the molecule is O=C(NCc1ccc2c(c1)CCN(c1ccc(C(F)(F)F)cc1)C2)c1cc([N+](=O)[O-])cc([N+](=O)[O-])c1. The molecule has 0 fully saturated rings. The minimum atomic E-state index is -4.39. The van der Waals surface area contributed by atoms with Gasteiger partial charge in [0.25, 0.3) is 17.3 Å².